The second-order valence-electron chi connectivity index (χ2n) is 6.37. The van der Waals surface area contributed by atoms with Crippen LogP contribution in [0.4, 0.5) is 4.39 Å². The van der Waals surface area contributed by atoms with Gasteiger partial charge in [0.1, 0.15) is 5.82 Å². The summed E-state index contributed by atoms with van der Waals surface area (Å²) in [6, 6.07) is 15.1. The Balaban J connectivity index is 1.62. The van der Waals surface area contributed by atoms with Gasteiger partial charge < -0.3 is 4.90 Å². The summed E-state index contributed by atoms with van der Waals surface area (Å²) >= 11 is 0. The van der Waals surface area contributed by atoms with Gasteiger partial charge in [-0.25, -0.2) is 4.39 Å². The Labute approximate surface area is 142 Å². The molecule has 1 saturated heterocycles. The third kappa shape index (κ3) is 4.01. The zero-order valence-corrected chi connectivity index (χ0v) is 14.0. The van der Waals surface area contributed by atoms with E-state index in [1.807, 2.05) is 11.0 Å². The van der Waals surface area contributed by atoms with Crippen molar-refractivity contribution in [2.75, 3.05) is 26.2 Å². The number of amides is 1. The van der Waals surface area contributed by atoms with Crippen molar-refractivity contribution in [3.8, 4) is 0 Å². The van der Waals surface area contributed by atoms with Crippen molar-refractivity contribution >= 4 is 5.91 Å². The molecule has 126 valence electrons. The van der Waals surface area contributed by atoms with E-state index in [4.69, 9.17) is 0 Å². The van der Waals surface area contributed by atoms with Crippen LogP contribution in [-0.4, -0.2) is 41.9 Å². The Morgan fingerprint density at radius 1 is 1.04 bits per heavy atom. The van der Waals surface area contributed by atoms with Crippen LogP contribution in [0.25, 0.3) is 0 Å². The number of hydrogen-bond donors (Lipinski definition) is 0. The number of benzene rings is 2. The van der Waals surface area contributed by atoms with Gasteiger partial charge in [-0.3, -0.25) is 9.69 Å². The van der Waals surface area contributed by atoms with Crippen molar-refractivity contribution in [2.45, 2.75) is 19.9 Å². The molecule has 1 fully saturated rings. The van der Waals surface area contributed by atoms with Gasteiger partial charge >= 0.3 is 0 Å². The highest BCUT2D eigenvalue weighted by atomic mass is 19.1. The van der Waals surface area contributed by atoms with Crippen molar-refractivity contribution in [2.24, 2.45) is 0 Å². The Hall–Kier alpha value is -2.20. The van der Waals surface area contributed by atoms with Crippen LogP contribution in [0.3, 0.4) is 0 Å². The highest BCUT2D eigenvalue weighted by Crippen LogP contribution is 2.14. The zero-order valence-electron chi connectivity index (χ0n) is 14.0. The molecule has 1 heterocycles. The van der Waals surface area contributed by atoms with Crippen LogP contribution in [0.1, 0.15) is 27.9 Å². The molecule has 3 nitrogen and oxygen atoms in total. The predicted octanol–water partition coefficient (Wildman–Crippen LogP) is 3.48. The Morgan fingerprint density at radius 2 is 1.83 bits per heavy atom. The number of rotatable bonds is 3. The third-order valence-electron chi connectivity index (χ3n) is 4.54. The molecule has 24 heavy (non-hydrogen) atoms. The summed E-state index contributed by atoms with van der Waals surface area (Å²) in [5.74, 6) is -0.392. The van der Waals surface area contributed by atoms with Crippen molar-refractivity contribution in [1.82, 2.24) is 9.80 Å². The summed E-state index contributed by atoms with van der Waals surface area (Å²) in [6.45, 7) is 5.83. The molecule has 0 aromatic heterocycles. The van der Waals surface area contributed by atoms with Gasteiger partial charge in [-0.05, 0) is 36.6 Å². The van der Waals surface area contributed by atoms with Crippen LogP contribution in [0.2, 0.25) is 0 Å². The van der Waals surface area contributed by atoms with Gasteiger partial charge in [-0.2, -0.15) is 0 Å². The van der Waals surface area contributed by atoms with E-state index in [9.17, 15) is 9.18 Å². The van der Waals surface area contributed by atoms with Crippen LogP contribution >= 0.6 is 0 Å². The maximum Gasteiger partial charge on any atom is 0.254 e. The Kier molecular flexibility index (Phi) is 5.26. The number of carbonyl (C=O) groups is 1. The average molecular weight is 326 g/mol. The van der Waals surface area contributed by atoms with Crippen molar-refractivity contribution in [3.05, 3.63) is 71.0 Å². The summed E-state index contributed by atoms with van der Waals surface area (Å²) in [4.78, 5) is 16.8. The van der Waals surface area contributed by atoms with Gasteiger partial charge in [0.15, 0.2) is 0 Å². The lowest BCUT2D eigenvalue weighted by atomic mass is 10.1. The molecule has 4 heteroatoms. The first-order valence-corrected chi connectivity index (χ1v) is 8.45. The summed E-state index contributed by atoms with van der Waals surface area (Å²) in [6.07, 6.45) is 0.937. The van der Waals surface area contributed by atoms with Gasteiger partial charge in [0.05, 0.1) is 0 Å². The molecule has 0 bridgehead atoms. The van der Waals surface area contributed by atoms with Crippen LogP contribution in [0.5, 0.6) is 0 Å². The number of halogens is 1. The minimum absolute atomic E-state index is 0.0736. The quantitative estimate of drug-likeness (QED) is 0.862. The average Bonchev–Trinajstić information content (AvgIpc) is 2.83. The van der Waals surface area contributed by atoms with E-state index >= 15 is 0 Å². The maximum atomic E-state index is 13.7. The van der Waals surface area contributed by atoms with Gasteiger partial charge in [-0.15, -0.1) is 0 Å². The summed E-state index contributed by atoms with van der Waals surface area (Å²) in [5, 5.41) is 0. The fourth-order valence-electron chi connectivity index (χ4n) is 3.08. The van der Waals surface area contributed by atoms with Gasteiger partial charge in [0.2, 0.25) is 0 Å². The monoisotopic (exact) mass is 326 g/mol. The van der Waals surface area contributed by atoms with Gasteiger partial charge in [0.25, 0.3) is 5.91 Å². The highest BCUT2D eigenvalue weighted by molar-refractivity contribution is 5.94. The van der Waals surface area contributed by atoms with E-state index in [0.29, 0.717) is 17.7 Å². The molecule has 1 amide bonds. The molecular formula is C20H23FN2O. The first kappa shape index (κ1) is 16.7. The standard InChI is InChI=1S/C20H23FN2O/c1-16-8-9-18(14-19(16)21)20(24)23-11-5-10-22(12-13-23)15-17-6-3-2-4-7-17/h2-4,6-9,14H,5,10-13,15H2,1H3. The van der Waals surface area contributed by atoms with Crippen molar-refractivity contribution in [3.63, 3.8) is 0 Å². The fourth-order valence-corrected chi connectivity index (χ4v) is 3.08. The molecule has 2 aromatic rings. The first-order chi connectivity index (χ1) is 11.6. The molecule has 3 rings (SSSR count). The second kappa shape index (κ2) is 7.58. The van der Waals surface area contributed by atoms with E-state index in [1.165, 1.54) is 11.6 Å². The Morgan fingerprint density at radius 3 is 2.58 bits per heavy atom. The fraction of sp³-hybridized carbons (Fsp3) is 0.350. The topological polar surface area (TPSA) is 23.6 Å². The van der Waals surface area contributed by atoms with E-state index in [0.717, 1.165) is 32.6 Å². The van der Waals surface area contributed by atoms with Crippen molar-refractivity contribution in [1.29, 1.82) is 0 Å². The SMILES string of the molecule is Cc1ccc(C(=O)N2CCCN(Cc3ccccc3)CC2)cc1F. The molecule has 0 N–H and O–H groups in total. The van der Waals surface area contributed by atoms with Crippen LogP contribution in [-0.2, 0) is 6.54 Å². The molecule has 0 spiro atoms. The molecule has 0 aliphatic carbocycles. The predicted molar refractivity (Wildman–Crippen MR) is 93.4 cm³/mol. The lowest BCUT2D eigenvalue weighted by Gasteiger charge is -2.22. The number of hydrogen-bond acceptors (Lipinski definition) is 2. The van der Waals surface area contributed by atoms with Crippen LogP contribution < -0.4 is 0 Å². The zero-order chi connectivity index (χ0) is 16.9. The van der Waals surface area contributed by atoms with E-state index in [2.05, 4.69) is 29.2 Å². The van der Waals surface area contributed by atoms with Crippen LogP contribution in [0, 0.1) is 12.7 Å². The Bertz CT molecular complexity index is 702. The van der Waals surface area contributed by atoms with Crippen molar-refractivity contribution < 1.29 is 9.18 Å². The molecule has 0 saturated carbocycles. The number of aryl methyl sites for hydroxylation is 1. The van der Waals surface area contributed by atoms with Gasteiger partial charge in [0, 0.05) is 38.3 Å². The largest absolute Gasteiger partial charge is 0.337 e. The summed E-state index contributed by atoms with van der Waals surface area (Å²) < 4.78 is 13.7. The molecule has 0 atom stereocenters. The lowest BCUT2D eigenvalue weighted by molar-refractivity contribution is 0.0760. The van der Waals surface area contributed by atoms with E-state index < -0.39 is 0 Å². The number of carbonyl (C=O) groups excluding carboxylic acids is 1. The summed E-state index contributed by atoms with van der Waals surface area (Å²) in [7, 11) is 0. The van der Waals surface area contributed by atoms with Gasteiger partial charge in [-0.1, -0.05) is 36.4 Å². The third-order valence-corrected chi connectivity index (χ3v) is 4.54. The van der Waals surface area contributed by atoms with Crippen LogP contribution in [0.15, 0.2) is 48.5 Å². The second-order valence-corrected chi connectivity index (χ2v) is 6.37. The number of nitrogens with zero attached hydrogens (tertiary/aromatic N) is 2. The highest BCUT2D eigenvalue weighted by Gasteiger charge is 2.20. The normalized spacial score (nSPS) is 16.0. The molecule has 0 radical (unpaired) electrons. The molecule has 1 aliphatic heterocycles. The van der Waals surface area contributed by atoms with E-state index in [1.54, 1.807) is 19.1 Å². The first-order valence-electron chi connectivity index (χ1n) is 8.45. The van der Waals surface area contributed by atoms with E-state index in [-0.39, 0.29) is 11.7 Å². The molecule has 2 aromatic carbocycles. The molecule has 1 aliphatic rings. The minimum atomic E-state index is -0.318. The smallest absolute Gasteiger partial charge is 0.254 e. The lowest BCUT2D eigenvalue weighted by Crippen LogP contribution is -2.35. The summed E-state index contributed by atoms with van der Waals surface area (Å²) in [5.41, 5.74) is 2.30. The maximum absolute atomic E-state index is 13.7. The molecule has 0 unspecified atom stereocenters. The minimum Gasteiger partial charge on any atom is -0.337 e. The molecular weight excluding hydrogens is 303 g/mol.